The average molecular weight is 230 g/mol. The van der Waals surface area contributed by atoms with Gasteiger partial charge < -0.3 is 15.3 Å². The molecule has 0 fully saturated rings. The number of phenolic OH excluding ortho intramolecular Hbond substituents is 3. The van der Waals surface area contributed by atoms with Gasteiger partial charge in [-0.05, 0) is 31.5 Å². The zero-order valence-corrected chi connectivity index (χ0v) is 9.73. The number of benzene rings is 2. The molecule has 17 heavy (non-hydrogen) atoms. The second kappa shape index (κ2) is 4.01. The number of rotatable bonds is 1. The Kier molecular flexibility index (Phi) is 2.68. The molecule has 0 spiro atoms. The molecule has 3 nitrogen and oxygen atoms in total. The molecule has 0 amide bonds. The third kappa shape index (κ3) is 1.80. The van der Waals surface area contributed by atoms with E-state index in [0.29, 0.717) is 22.3 Å². The molecule has 0 aliphatic heterocycles. The second-order valence-electron chi connectivity index (χ2n) is 4.08. The van der Waals surface area contributed by atoms with Gasteiger partial charge >= 0.3 is 0 Å². The summed E-state index contributed by atoms with van der Waals surface area (Å²) < 4.78 is 0. The molecule has 2 aromatic rings. The fourth-order valence-corrected chi connectivity index (χ4v) is 1.87. The van der Waals surface area contributed by atoms with Gasteiger partial charge in [0.15, 0.2) is 0 Å². The lowest BCUT2D eigenvalue weighted by molar-refractivity contribution is 0.440. The summed E-state index contributed by atoms with van der Waals surface area (Å²) in [4.78, 5) is 0. The van der Waals surface area contributed by atoms with E-state index in [2.05, 4.69) is 0 Å². The van der Waals surface area contributed by atoms with Crippen LogP contribution in [0.2, 0.25) is 0 Å². The monoisotopic (exact) mass is 230 g/mol. The van der Waals surface area contributed by atoms with Crippen molar-refractivity contribution < 1.29 is 15.3 Å². The van der Waals surface area contributed by atoms with Gasteiger partial charge in [-0.25, -0.2) is 0 Å². The van der Waals surface area contributed by atoms with E-state index in [4.69, 9.17) is 0 Å². The molecule has 0 unspecified atom stereocenters. The second-order valence-corrected chi connectivity index (χ2v) is 4.08. The molecular formula is C14H14O3. The van der Waals surface area contributed by atoms with Crippen LogP contribution in [0.3, 0.4) is 0 Å². The Labute approximate surface area is 99.6 Å². The van der Waals surface area contributed by atoms with Crippen molar-refractivity contribution in [3.63, 3.8) is 0 Å². The molecule has 0 aliphatic carbocycles. The number of para-hydroxylation sites is 1. The molecule has 2 aromatic carbocycles. The van der Waals surface area contributed by atoms with Gasteiger partial charge in [-0.15, -0.1) is 0 Å². The molecule has 0 aliphatic rings. The van der Waals surface area contributed by atoms with Gasteiger partial charge in [0.1, 0.15) is 17.2 Å². The summed E-state index contributed by atoms with van der Waals surface area (Å²) in [5.41, 5.74) is 2.16. The first-order valence-electron chi connectivity index (χ1n) is 5.33. The van der Waals surface area contributed by atoms with Crippen molar-refractivity contribution in [1.82, 2.24) is 0 Å². The van der Waals surface area contributed by atoms with Crippen molar-refractivity contribution in [3.05, 3.63) is 41.5 Å². The standard InChI is InChI=1S/C14H14O3/c1-8-7-11(14(17)9(2)13(8)16)10-5-3-4-6-12(10)15/h3-7,15-17H,1-2H3. The van der Waals surface area contributed by atoms with E-state index in [1.807, 2.05) is 0 Å². The number of phenols is 3. The van der Waals surface area contributed by atoms with Crippen molar-refractivity contribution in [2.45, 2.75) is 13.8 Å². The molecular weight excluding hydrogens is 216 g/mol. The number of hydrogen-bond donors (Lipinski definition) is 3. The lowest BCUT2D eigenvalue weighted by atomic mass is 9.97. The Morgan fingerprint density at radius 3 is 2.12 bits per heavy atom. The van der Waals surface area contributed by atoms with Crippen LogP contribution in [-0.2, 0) is 0 Å². The fourth-order valence-electron chi connectivity index (χ4n) is 1.87. The van der Waals surface area contributed by atoms with Crippen LogP contribution in [-0.4, -0.2) is 15.3 Å². The smallest absolute Gasteiger partial charge is 0.130 e. The molecule has 3 heteroatoms. The largest absolute Gasteiger partial charge is 0.507 e. The molecule has 0 radical (unpaired) electrons. The van der Waals surface area contributed by atoms with E-state index >= 15 is 0 Å². The van der Waals surface area contributed by atoms with E-state index in [-0.39, 0.29) is 17.2 Å². The molecule has 2 rings (SSSR count). The quantitative estimate of drug-likeness (QED) is 0.705. The van der Waals surface area contributed by atoms with Crippen LogP contribution in [0.4, 0.5) is 0 Å². The number of aromatic hydroxyl groups is 3. The zero-order chi connectivity index (χ0) is 12.6. The summed E-state index contributed by atoms with van der Waals surface area (Å²) in [5.74, 6) is 0.184. The van der Waals surface area contributed by atoms with Crippen molar-refractivity contribution >= 4 is 0 Å². The maximum Gasteiger partial charge on any atom is 0.130 e. The van der Waals surface area contributed by atoms with E-state index in [9.17, 15) is 15.3 Å². The Hall–Kier alpha value is -2.16. The molecule has 0 saturated heterocycles. The van der Waals surface area contributed by atoms with Gasteiger partial charge in [-0.1, -0.05) is 18.2 Å². The summed E-state index contributed by atoms with van der Waals surface area (Å²) >= 11 is 0. The van der Waals surface area contributed by atoms with Crippen LogP contribution >= 0.6 is 0 Å². The van der Waals surface area contributed by atoms with Gasteiger partial charge in [0.25, 0.3) is 0 Å². The van der Waals surface area contributed by atoms with Gasteiger partial charge in [0.05, 0.1) is 0 Å². The minimum atomic E-state index is -0.00500. The van der Waals surface area contributed by atoms with Crippen LogP contribution in [0.25, 0.3) is 11.1 Å². The van der Waals surface area contributed by atoms with E-state index in [1.165, 1.54) is 0 Å². The van der Waals surface area contributed by atoms with Gasteiger partial charge in [0.2, 0.25) is 0 Å². The Balaban J connectivity index is 2.73. The summed E-state index contributed by atoms with van der Waals surface area (Å²) in [7, 11) is 0. The Morgan fingerprint density at radius 2 is 1.47 bits per heavy atom. The predicted molar refractivity (Wildman–Crippen MR) is 66.3 cm³/mol. The topological polar surface area (TPSA) is 60.7 Å². The molecule has 0 bridgehead atoms. The van der Waals surface area contributed by atoms with Crippen molar-refractivity contribution in [1.29, 1.82) is 0 Å². The predicted octanol–water partition coefficient (Wildman–Crippen LogP) is 3.09. The maximum atomic E-state index is 10.0. The zero-order valence-electron chi connectivity index (χ0n) is 9.73. The van der Waals surface area contributed by atoms with Crippen LogP contribution in [0.15, 0.2) is 30.3 Å². The highest BCUT2D eigenvalue weighted by molar-refractivity contribution is 5.78. The van der Waals surface area contributed by atoms with Crippen molar-refractivity contribution in [2.75, 3.05) is 0 Å². The lowest BCUT2D eigenvalue weighted by Crippen LogP contribution is -1.87. The lowest BCUT2D eigenvalue weighted by Gasteiger charge is -2.12. The molecule has 0 heterocycles. The van der Waals surface area contributed by atoms with Crippen molar-refractivity contribution in [3.8, 4) is 28.4 Å². The molecule has 0 aromatic heterocycles. The molecule has 88 valence electrons. The molecule has 0 atom stereocenters. The highest BCUT2D eigenvalue weighted by Crippen LogP contribution is 2.41. The normalized spacial score (nSPS) is 10.5. The van der Waals surface area contributed by atoms with Gasteiger partial charge in [-0.3, -0.25) is 0 Å². The fraction of sp³-hybridized carbons (Fsp3) is 0.143. The van der Waals surface area contributed by atoms with Crippen LogP contribution in [0.1, 0.15) is 11.1 Å². The first kappa shape index (κ1) is 11.3. The Morgan fingerprint density at radius 1 is 0.824 bits per heavy atom. The van der Waals surface area contributed by atoms with E-state index in [0.717, 1.165) is 0 Å². The van der Waals surface area contributed by atoms with Crippen LogP contribution in [0.5, 0.6) is 17.2 Å². The van der Waals surface area contributed by atoms with E-state index in [1.54, 1.807) is 44.2 Å². The SMILES string of the molecule is Cc1cc(-c2ccccc2O)c(O)c(C)c1O. The third-order valence-corrected chi connectivity index (χ3v) is 2.89. The maximum absolute atomic E-state index is 10.0. The summed E-state index contributed by atoms with van der Waals surface area (Å²) in [6.45, 7) is 3.40. The van der Waals surface area contributed by atoms with Gasteiger partial charge in [0, 0.05) is 16.7 Å². The number of aryl methyl sites for hydroxylation is 1. The summed E-state index contributed by atoms with van der Waals surface area (Å²) in [6.07, 6.45) is 0. The minimum Gasteiger partial charge on any atom is -0.507 e. The Bertz CT molecular complexity index is 574. The van der Waals surface area contributed by atoms with Crippen LogP contribution < -0.4 is 0 Å². The van der Waals surface area contributed by atoms with E-state index < -0.39 is 0 Å². The minimum absolute atomic E-state index is 0.00500. The summed E-state index contributed by atoms with van der Waals surface area (Å²) in [6, 6.07) is 8.45. The first-order chi connectivity index (χ1) is 8.02. The van der Waals surface area contributed by atoms with Crippen LogP contribution in [0, 0.1) is 13.8 Å². The van der Waals surface area contributed by atoms with Crippen molar-refractivity contribution in [2.24, 2.45) is 0 Å². The van der Waals surface area contributed by atoms with Gasteiger partial charge in [-0.2, -0.15) is 0 Å². The molecule has 0 saturated carbocycles. The first-order valence-corrected chi connectivity index (χ1v) is 5.33. The third-order valence-electron chi connectivity index (χ3n) is 2.89. The highest BCUT2D eigenvalue weighted by Gasteiger charge is 2.15. The number of hydrogen-bond acceptors (Lipinski definition) is 3. The molecule has 3 N–H and O–H groups in total. The summed E-state index contributed by atoms with van der Waals surface area (Å²) in [5, 5.41) is 29.5. The highest BCUT2D eigenvalue weighted by atomic mass is 16.3. The average Bonchev–Trinajstić information content (AvgIpc) is 2.32.